The van der Waals surface area contributed by atoms with Crippen LogP contribution in [0, 0.1) is 29.1 Å². The number of epoxide rings is 1. The lowest BCUT2D eigenvalue weighted by molar-refractivity contribution is -0.149. The van der Waals surface area contributed by atoms with Crippen LogP contribution in [0.25, 0.3) is 10.9 Å². The van der Waals surface area contributed by atoms with Gasteiger partial charge in [0.15, 0.2) is 0 Å². The fourth-order valence-corrected chi connectivity index (χ4v) is 7.84. The van der Waals surface area contributed by atoms with Gasteiger partial charge in [-0.3, -0.25) is 19.2 Å². The lowest BCUT2D eigenvalue weighted by Gasteiger charge is -2.46. The van der Waals surface area contributed by atoms with Crippen LogP contribution in [0.4, 0.5) is 0 Å². The number of aromatic nitrogens is 1. The number of aromatic amines is 1. The van der Waals surface area contributed by atoms with E-state index in [1.54, 1.807) is 6.92 Å². The van der Waals surface area contributed by atoms with Crippen molar-refractivity contribution in [3.8, 4) is 0 Å². The number of benzene rings is 1. The highest BCUT2D eigenvalue weighted by atomic mass is 16.6. The number of hydrogen-bond donors (Lipinski definition) is 2. The first kappa shape index (κ1) is 25.9. The van der Waals surface area contributed by atoms with Crippen LogP contribution in [-0.4, -0.2) is 46.0 Å². The Bertz CT molecular complexity index is 1450. The summed E-state index contributed by atoms with van der Waals surface area (Å²) in [5.74, 6) is -2.47. The summed E-state index contributed by atoms with van der Waals surface area (Å²) in [6.45, 7) is 7.83. The van der Waals surface area contributed by atoms with E-state index in [1.165, 1.54) is 0 Å². The Morgan fingerprint density at radius 3 is 2.64 bits per heavy atom. The molecular weight excluding hydrogens is 492 g/mol. The molecule has 204 valence electrons. The lowest BCUT2D eigenvalue weighted by atomic mass is 9.51. The summed E-state index contributed by atoms with van der Waals surface area (Å²) in [4.78, 5) is 57.3. The number of H-pyrrole nitrogens is 1. The fraction of sp³-hybridized carbons (Fsp3) is 0.500. The zero-order valence-corrected chi connectivity index (χ0v) is 23.0. The van der Waals surface area contributed by atoms with Crippen molar-refractivity contribution in [3.05, 3.63) is 59.8 Å². The second-order valence-corrected chi connectivity index (χ2v) is 12.2. The van der Waals surface area contributed by atoms with Gasteiger partial charge >= 0.3 is 0 Å². The molecule has 2 aliphatic carbocycles. The first-order valence-corrected chi connectivity index (χ1v) is 14.1. The molecule has 4 aliphatic rings. The van der Waals surface area contributed by atoms with Crippen molar-refractivity contribution < 1.29 is 23.9 Å². The number of hydrogen-bond acceptors (Lipinski definition) is 5. The van der Waals surface area contributed by atoms with E-state index in [4.69, 9.17) is 4.74 Å². The second-order valence-electron chi connectivity index (χ2n) is 12.2. The normalized spacial score (nSPS) is 40.8. The first-order valence-electron chi connectivity index (χ1n) is 14.1. The Kier molecular flexibility index (Phi) is 6.06. The number of ether oxygens (including phenoxy) is 1. The molecule has 6 rings (SSSR count). The molecule has 3 fully saturated rings. The highest BCUT2D eigenvalue weighted by Gasteiger charge is 2.78. The van der Waals surface area contributed by atoms with Gasteiger partial charge in [0.25, 0.3) is 0 Å². The fourth-order valence-electron chi connectivity index (χ4n) is 7.84. The molecule has 1 aromatic carbocycles. The van der Waals surface area contributed by atoms with Crippen molar-refractivity contribution in [3.63, 3.8) is 0 Å². The van der Waals surface area contributed by atoms with Crippen LogP contribution in [0.3, 0.4) is 0 Å². The summed E-state index contributed by atoms with van der Waals surface area (Å²) < 4.78 is 6.34. The second kappa shape index (κ2) is 9.12. The zero-order chi connectivity index (χ0) is 27.7. The predicted octanol–water partition coefficient (Wildman–Crippen LogP) is 4.26. The number of fused-ring (bicyclic) bond motifs is 3. The molecule has 1 aromatic heterocycles. The summed E-state index contributed by atoms with van der Waals surface area (Å²) in [5.41, 5.74) is 0.739. The molecule has 2 saturated heterocycles. The minimum absolute atomic E-state index is 0.0299. The Labute approximate surface area is 228 Å². The van der Waals surface area contributed by atoms with Gasteiger partial charge in [-0.25, -0.2) is 0 Å². The quantitative estimate of drug-likeness (QED) is 0.262. The van der Waals surface area contributed by atoms with Crippen molar-refractivity contribution in [1.29, 1.82) is 0 Å². The summed E-state index contributed by atoms with van der Waals surface area (Å²) in [6, 6.07) is 7.79. The molecular formula is C32H36N2O5. The summed E-state index contributed by atoms with van der Waals surface area (Å²) in [7, 11) is 0. The van der Waals surface area contributed by atoms with Crippen LogP contribution in [0.5, 0.6) is 0 Å². The summed E-state index contributed by atoms with van der Waals surface area (Å²) >= 11 is 0. The minimum Gasteiger partial charge on any atom is -0.365 e. The van der Waals surface area contributed by atoms with Gasteiger partial charge in [-0.2, -0.15) is 0 Å². The maximum absolute atomic E-state index is 14.3. The van der Waals surface area contributed by atoms with Gasteiger partial charge in [0, 0.05) is 47.8 Å². The minimum atomic E-state index is -1.35. The topological polar surface area (TPSA) is 109 Å². The highest BCUT2D eigenvalue weighted by molar-refractivity contribution is 6.43. The molecule has 8 atom stereocenters. The molecule has 1 saturated carbocycles. The number of ketones is 3. The average Bonchev–Trinajstić information content (AvgIpc) is 3.31. The number of carbonyl (C=O) groups excluding carboxylic acids is 4. The third-order valence-electron chi connectivity index (χ3n) is 9.99. The molecule has 3 heterocycles. The predicted molar refractivity (Wildman–Crippen MR) is 147 cm³/mol. The Balaban J connectivity index is 1.44. The molecule has 39 heavy (non-hydrogen) atoms. The highest BCUT2D eigenvalue weighted by Crippen LogP contribution is 2.66. The number of nitrogens with one attached hydrogen (secondary N) is 2. The van der Waals surface area contributed by atoms with Crippen LogP contribution in [0.1, 0.15) is 52.5 Å². The zero-order valence-electron chi connectivity index (χ0n) is 23.0. The molecule has 2 N–H and O–H groups in total. The van der Waals surface area contributed by atoms with E-state index in [0.29, 0.717) is 18.4 Å². The molecule has 2 aromatic rings. The van der Waals surface area contributed by atoms with Crippen molar-refractivity contribution in [2.75, 3.05) is 0 Å². The van der Waals surface area contributed by atoms with Gasteiger partial charge in [0.05, 0.1) is 11.7 Å². The van der Waals surface area contributed by atoms with Gasteiger partial charge in [-0.15, -0.1) is 0 Å². The number of rotatable bonds is 2. The average molecular weight is 529 g/mol. The van der Waals surface area contributed by atoms with Crippen LogP contribution < -0.4 is 5.32 Å². The van der Waals surface area contributed by atoms with E-state index in [-0.39, 0.29) is 54.4 Å². The number of para-hydroxylation sites is 1. The van der Waals surface area contributed by atoms with Gasteiger partial charge < -0.3 is 15.0 Å². The smallest absolute Gasteiger partial charge is 0.235 e. The largest absolute Gasteiger partial charge is 0.365 e. The van der Waals surface area contributed by atoms with Crippen LogP contribution >= 0.6 is 0 Å². The molecule has 0 bridgehead atoms. The van der Waals surface area contributed by atoms with Gasteiger partial charge in [0.1, 0.15) is 11.2 Å². The first-order chi connectivity index (χ1) is 18.6. The lowest BCUT2D eigenvalue weighted by Crippen LogP contribution is -2.58. The molecule has 0 unspecified atom stereocenters. The Morgan fingerprint density at radius 2 is 1.85 bits per heavy atom. The third-order valence-corrected chi connectivity index (χ3v) is 9.99. The number of allylic oxidation sites excluding steroid dienone is 3. The van der Waals surface area contributed by atoms with Crippen LogP contribution in [0.15, 0.2) is 54.3 Å². The van der Waals surface area contributed by atoms with E-state index in [2.05, 4.69) is 30.2 Å². The maximum Gasteiger partial charge on any atom is 0.235 e. The van der Waals surface area contributed by atoms with Crippen molar-refractivity contribution >= 4 is 34.2 Å². The van der Waals surface area contributed by atoms with E-state index in [0.717, 1.165) is 16.5 Å². The molecule has 2 aliphatic heterocycles. The number of amides is 1. The van der Waals surface area contributed by atoms with E-state index in [9.17, 15) is 19.2 Å². The Hall–Kier alpha value is -3.32. The van der Waals surface area contributed by atoms with Gasteiger partial charge in [-0.1, -0.05) is 50.3 Å². The summed E-state index contributed by atoms with van der Waals surface area (Å²) in [5, 5.41) is 4.34. The monoisotopic (exact) mass is 528 g/mol. The van der Waals surface area contributed by atoms with Gasteiger partial charge in [-0.05, 0) is 55.7 Å². The molecule has 1 amide bonds. The van der Waals surface area contributed by atoms with E-state index in [1.807, 2.05) is 49.5 Å². The molecule has 7 nitrogen and oxygen atoms in total. The molecule has 7 heteroatoms. The van der Waals surface area contributed by atoms with Crippen molar-refractivity contribution in [2.45, 2.75) is 71.1 Å². The Morgan fingerprint density at radius 1 is 1.08 bits per heavy atom. The van der Waals surface area contributed by atoms with Crippen molar-refractivity contribution in [1.82, 2.24) is 10.3 Å². The maximum atomic E-state index is 14.3. The molecule has 1 spiro atoms. The van der Waals surface area contributed by atoms with E-state index < -0.39 is 28.5 Å². The van der Waals surface area contributed by atoms with Crippen LogP contribution in [-0.2, 0) is 30.3 Å². The number of Topliss-reactive ketones (excluding diaryl/α,β-unsaturated/α-hetero) is 3. The summed E-state index contributed by atoms with van der Waals surface area (Å²) in [6.07, 6.45) is 8.46. The van der Waals surface area contributed by atoms with Gasteiger partial charge in [0.2, 0.25) is 17.5 Å². The number of carbonyl (C=O) groups is 4. The SMILES string of the molecule is C/C1=C/[C@H](C)C/C=C/[C@@H]2[C@@H]3O[C@]3(C)[C@@H](C)[C@H]3[C@H](Cc4c[nH]c5ccccc45)NC(=O)[C@]32C(=O)CCC(=O)C1=O. The van der Waals surface area contributed by atoms with Crippen LogP contribution in [0.2, 0.25) is 0 Å². The van der Waals surface area contributed by atoms with E-state index >= 15 is 0 Å². The third kappa shape index (κ3) is 3.80. The van der Waals surface area contributed by atoms with Crippen molar-refractivity contribution in [2.24, 2.45) is 29.1 Å². The standard InChI is InChI=1S/C32H36N2O5/c1-17-8-7-10-22-29-31(4,39-29)19(3)27-24(15-20-16-33-23-11-6-5-9-21(20)23)34-30(38)32(22,27)26(36)13-12-25(35)28(37)18(2)14-17/h5-7,9-11,14,16-17,19,22,24,27,29,33H,8,12-13,15H2,1-4H3,(H,34,38)/b10-7+,18-14-/t17-,19+,22-,24+,27+,29+,31-,32-/m1/s1. The molecule has 0 radical (unpaired) electrons.